The van der Waals surface area contributed by atoms with E-state index in [-0.39, 0.29) is 60.8 Å². The van der Waals surface area contributed by atoms with Gasteiger partial charge in [-0.15, -0.1) is 12.3 Å². The van der Waals surface area contributed by atoms with Crippen LogP contribution in [0.25, 0.3) is 0 Å². The molecule has 0 radical (unpaired) electrons. The predicted molar refractivity (Wildman–Crippen MR) is 49.6 cm³/mol. The maximum absolute atomic E-state index is 5.25. The Morgan fingerprint density at radius 3 is 1.00 bits per heavy atom. The zero-order valence-corrected chi connectivity index (χ0v) is 7.82. The van der Waals surface area contributed by atoms with E-state index in [1.54, 1.807) is 6.92 Å². The van der Waals surface area contributed by atoms with Crippen molar-refractivity contribution in [1.82, 2.24) is 0 Å². The molecule has 0 fully saturated rings. The molecule has 0 aromatic carbocycles. The van der Waals surface area contributed by atoms with Crippen molar-refractivity contribution >= 4 is 0 Å². The summed E-state index contributed by atoms with van der Waals surface area (Å²) in [5.74, 6) is 2.25. The average molecular weight is 367 g/mol. The number of terminal acetylenes is 2. The molecule has 0 aliphatic heterocycles. The fraction of sp³-hybridized carbons (Fsp3) is 0.556. The van der Waals surface area contributed by atoms with Gasteiger partial charge in [0.1, 0.15) is 0 Å². The van der Waals surface area contributed by atoms with Crippen molar-refractivity contribution in [3.63, 3.8) is 0 Å². The van der Waals surface area contributed by atoms with Gasteiger partial charge in [0, 0.05) is 31.1 Å². The summed E-state index contributed by atoms with van der Waals surface area (Å²) >= 11 is 0. The molecule has 0 aliphatic rings. The van der Waals surface area contributed by atoms with Crippen LogP contribution in [0.1, 0.15) is 36.6 Å². The summed E-state index contributed by atoms with van der Waals surface area (Å²) in [6.45, 7) is 1.65. The molecule has 0 heterocycles. The van der Waals surface area contributed by atoms with Crippen molar-refractivity contribution in [3.05, 3.63) is 6.42 Å². The second-order valence-corrected chi connectivity index (χ2v) is 0.289. The van der Waals surface area contributed by atoms with Crippen molar-refractivity contribution in [2.75, 3.05) is 0 Å². The van der Waals surface area contributed by atoms with Crippen LogP contribution in [0.3, 0.4) is 0 Å². The monoisotopic (exact) mass is 367 g/mol. The summed E-state index contributed by atoms with van der Waals surface area (Å²) in [6.07, 6.45) is 13.6. The summed E-state index contributed by atoms with van der Waals surface area (Å²) in [6, 6.07) is 0. The third-order valence-electron chi connectivity index (χ3n) is 0. The predicted octanol–water partition coefficient (Wildman–Crippen LogP) is 3.39. The third-order valence-corrected chi connectivity index (χ3v) is 0. The van der Waals surface area contributed by atoms with Gasteiger partial charge in [0.05, 0.1) is 0 Å². The van der Waals surface area contributed by atoms with Crippen LogP contribution in [0.2, 0.25) is 0 Å². The molecule has 0 nitrogen and oxygen atoms in total. The molecule has 1 heteroatoms. The second-order valence-electron chi connectivity index (χ2n) is 0.289. The quantitative estimate of drug-likeness (QED) is 0.455. The van der Waals surface area contributed by atoms with Gasteiger partial charge in [-0.3, -0.25) is 0 Å². The van der Waals surface area contributed by atoms with E-state index in [4.69, 9.17) is 6.42 Å². The molecule has 0 spiro atoms. The maximum Gasteiger partial charge on any atom is 0 e. The van der Waals surface area contributed by atoms with E-state index < -0.39 is 0 Å². The largest absolute Gasteiger partial charge is 0.697 e. The summed E-state index contributed by atoms with van der Waals surface area (Å²) in [4.78, 5) is 0. The first-order chi connectivity index (χ1) is 2.41. The van der Waals surface area contributed by atoms with Gasteiger partial charge < -0.3 is 12.8 Å². The second kappa shape index (κ2) is 446. The van der Waals surface area contributed by atoms with Crippen molar-refractivity contribution in [3.8, 4) is 18.8 Å². The molecule has 0 N–H and O–H groups in total. The van der Waals surface area contributed by atoms with Crippen LogP contribution >= 0.6 is 0 Å². The minimum Gasteiger partial charge on any atom is -0.697 e. The Bertz CT molecular complexity index is 47.5. The van der Waals surface area contributed by atoms with E-state index in [9.17, 15) is 0 Å². The van der Waals surface area contributed by atoms with Crippen LogP contribution in [0.4, 0.5) is 0 Å². The molecule has 0 bridgehead atoms. The molecule has 10 heavy (non-hydrogen) atoms. The molecule has 0 saturated heterocycles. The fourth-order valence-corrected chi connectivity index (χ4v) is 0. The Balaban J connectivity index is -0.00000000246. The van der Waals surface area contributed by atoms with Crippen LogP contribution in [-0.4, -0.2) is 0 Å². The molecular weight excluding hydrogens is 346 g/mol. The van der Waals surface area contributed by atoms with E-state index in [0.717, 1.165) is 0 Å². The van der Waals surface area contributed by atoms with Crippen molar-refractivity contribution < 1.29 is 31.1 Å². The first-order valence-corrected chi connectivity index (χ1v) is 1.08. The minimum atomic E-state index is 0. The summed E-state index contributed by atoms with van der Waals surface area (Å²) < 4.78 is 0. The average Bonchev–Trinajstić information content (AvgIpc) is 1.46. The van der Waals surface area contributed by atoms with Gasteiger partial charge in [-0.2, -0.15) is 0 Å². The first-order valence-electron chi connectivity index (χ1n) is 1.08. The number of rotatable bonds is 0. The van der Waals surface area contributed by atoms with E-state index in [0.29, 0.717) is 0 Å². The number of hydrogen-bond acceptors (Lipinski definition) is 0. The molecule has 0 aromatic rings. The molecular formula is C9H21U-. The smallest absolute Gasteiger partial charge is 0 e. The van der Waals surface area contributed by atoms with E-state index in [1.165, 1.54) is 0 Å². The molecule has 0 saturated carbocycles. The Kier molecular flexibility index (Phi) is 3790. The van der Waals surface area contributed by atoms with Gasteiger partial charge in [0.25, 0.3) is 0 Å². The number of hydrogen-bond donors (Lipinski definition) is 0. The van der Waals surface area contributed by atoms with Gasteiger partial charge >= 0.3 is 0 Å². The van der Waals surface area contributed by atoms with Gasteiger partial charge in [-0.25, -0.2) is 0 Å². The molecule has 0 amide bonds. The van der Waals surface area contributed by atoms with Crippen LogP contribution in [0.15, 0.2) is 0 Å². The zero-order valence-electron chi connectivity index (χ0n) is 3.65. The topological polar surface area (TPSA) is 0 Å². The van der Waals surface area contributed by atoms with Crippen molar-refractivity contribution in [1.29, 1.82) is 0 Å². The Labute approximate surface area is 92.6 Å². The van der Waals surface area contributed by atoms with Gasteiger partial charge in [-0.1, -0.05) is 29.7 Å². The van der Waals surface area contributed by atoms with Crippen LogP contribution < -0.4 is 0 Å². The Morgan fingerprint density at radius 1 is 1.00 bits per heavy atom. The molecule has 0 rings (SSSR count). The van der Waals surface area contributed by atoms with Crippen molar-refractivity contribution in [2.24, 2.45) is 0 Å². The Morgan fingerprint density at radius 2 is 1.00 bits per heavy atom. The van der Waals surface area contributed by atoms with E-state index in [2.05, 4.69) is 18.8 Å². The van der Waals surface area contributed by atoms with Crippen LogP contribution in [0, 0.1) is 56.3 Å². The van der Waals surface area contributed by atoms with Gasteiger partial charge in [0.2, 0.25) is 0 Å². The minimum absolute atomic E-state index is 0. The van der Waals surface area contributed by atoms with Gasteiger partial charge in [-0.05, 0) is 6.92 Å². The molecule has 0 unspecified atom stereocenters. The van der Waals surface area contributed by atoms with Crippen LogP contribution in [-0.2, 0) is 0 Å². The third kappa shape index (κ3) is 14200. The van der Waals surface area contributed by atoms with Crippen LogP contribution in [0.5, 0.6) is 0 Å². The normalized spacial score (nSPS) is 1.00. The SMILES string of the molecule is C.C.C.C.C#CC.[C-]#C.[U]. The molecule has 0 aliphatic carbocycles. The molecule has 0 aromatic heterocycles. The maximum atomic E-state index is 5.25. The summed E-state index contributed by atoms with van der Waals surface area (Å²) in [5, 5.41) is 0. The first kappa shape index (κ1) is 85.1. The van der Waals surface area contributed by atoms with E-state index in [1.807, 2.05) is 0 Å². The summed E-state index contributed by atoms with van der Waals surface area (Å²) in [5.41, 5.74) is 0. The van der Waals surface area contributed by atoms with E-state index >= 15 is 0 Å². The zero-order chi connectivity index (χ0) is 4.71. The fourth-order valence-electron chi connectivity index (χ4n) is 0. The summed E-state index contributed by atoms with van der Waals surface area (Å²) in [7, 11) is 0. The van der Waals surface area contributed by atoms with Crippen molar-refractivity contribution in [2.45, 2.75) is 36.6 Å². The molecule has 0 atom stereocenters. The Hall–Kier alpha value is 0.172. The molecule has 62 valence electrons. The van der Waals surface area contributed by atoms with Gasteiger partial charge in [0.15, 0.2) is 0 Å². The standard InChI is InChI=1S/C3H4.C2H.4CH4.U/c1-3-2;1-2;;;;;/h1H,2H3;1H;4*1H4;/q;-1;;;;;.